The molecule has 0 saturated heterocycles. The summed E-state index contributed by atoms with van der Waals surface area (Å²) in [7, 11) is 3.20. The molecular formula is C15H24N2O4. The van der Waals surface area contributed by atoms with E-state index >= 15 is 0 Å². The Kier molecular flexibility index (Phi) is 6.58. The van der Waals surface area contributed by atoms with Crippen LogP contribution in [-0.4, -0.2) is 32.3 Å². The van der Waals surface area contributed by atoms with Gasteiger partial charge in [0.25, 0.3) is 5.69 Å². The molecule has 1 aromatic rings. The van der Waals surface area contributed by atoms with Crippen LogP contribution >= 0.6 is 0 Å². The zero-order chi connectivity index (χ0) is 15.9. The van der Waals surface area contributed by atoms with Crippen molar-refractivity contribution < 1.29 is 14.4 Å². The summed E-state index contributed by atoms with van der Waals surface area (Å²) in [5, 5.41) is 14.2. The van der Waals surface area contributed by atoms with Gasteiger partial charge in [0.15, 0.2) is 0 Å². The van der Waals surface area contributed by atoms with Crippen molar-refractivity contribution in [2.45, 2.75) is 26.8 Å². The van der Waals surface area contributed by atoms with Gasteiger partial charge in [-0.05, 0) is 23.5 Å². The summed E-state index contributed by atoms with van der Waals surface area (Å²) in [6, 6.07) is 4.80. The number of nitro benzene ring substituents is 1. The standard InChI is InChI=1S/C15H24N2O4/c1-15(2,5-6-20-3)11-16-10-12-7-13(17(18)19)9-14(8-12)21-4/h7-9,16H,5-6,10-11H2,1-4H3. The number of nitro groups is 1. The van der Waals surface area contributed by atoms with E-state index < -0.39 is 4.92 Å². The van der Waals surface area contributed by atoms with E-state index in [9.17, 15) is 10.1 Å². The summed E-state index contributed by atoms with van der Waals surface area (Å²) < 4.78 is 10.2. The maximum absolute atomic E-state index is 10.9. The molecule has 6 heteroatoms. The van der Waals surface area contributed by atoms with Crippen LogP contribution in [0.25, 0.3) is 0 Å². The highest BCUT2D eigenvalue weighted by molar-refractivity contribution is 5.42. The van der Waals surface area contributed by atoms with Gasteiger partial charge < -0.3 is 14.8 Å². The molecule has 0 fully saturated rings. The van der Waals surface area contributed by atoms with Crippen LogP contribution in [0.5, 0.6) is 5.75 Å². The van der Waals surface area contributed by atoms with E-state index in [2.05, 4.69) is 19.2 Å². The van der Waals surface area contributed by atoms with Crippen LogP contribution in [0.1, 0.15) is 25.8 Å². The van der Waals surface area contributed by atoms with Crippen molar-refractivity contribution in [3.63, 3.8) is 0 Å². The molecule has 0 unspecified atom stereocenters. The molecule has 118 valence electrons. The molecule has 1 aromatic carbocycles. The molecule has 0 aliphatic heterocycles. The summed E-state index contributed by atoms with van der Waals surface area (Å²) in [4.78, 5) is 10.5. The summed E-state index contributed by atoms with van der Waals surface area (Å²) in [5.41, 5.74) is 0.995. The first-order chi connectivity index (χ1) is 9.88. The topological polar surface area (TPSA) is 73.6 Å². The van der Waals surface area contributed by atoms with E-state index in [0.717, 1.165) is 25.1 Å². The molecule has 0 saturated carbocycles. The quantitative estimate of drug-likeness (QED) is 0.560. The normalized spacial score (nSPS) is 11.4. The molecule has 21 heavy (non-hydrogen) atoms. The molecule has 1 rings (SSSR count). The molecule has 0 aromatic heterocycles. The Morgan fingerprint density at radius 3 is 2.57 bits per heavy atom. The molecule has 0 amide bonds. The zero-order valence-corrected chi connectivity index (χ0v) is 13.1. The van der Waals surface area contributed by atoms with Crippen LogP contribution in [0.4, 0.5) is 5.69 Å². The first kappa shape index (κ1) is 17.4. The molecule has 6 nitrogen and oxygen atoms in total. The first-order valence-corrected chi connectivity index (χ1v) is 6.90. The molecule has 0 atom stereocenters. The number of ether oxygens (including phenoxy) is 2. The Labute approximate surface area is 125 Å². The Bertz CT molecular complexity index is 475. The lowest BCUT2D eigenvalue weighted by atomic mass is 9.89. The summed E-state index contributed by atoms with van der Waals surface area (Å²) in [6.07, 6.45) is 0.953. The monoisotopic (exact) mass is 296 g/mol. The minimum atomic E-state index is -0.408. The number of nitrogens with zero attached hydrogens (tertiary/aromatic N) is 1. The molecule has 0 radical (unpaired) electrons. The Hall–Kier alpha value is -1.66. The van der Waals surface area contributed by atoms with Crippen LogP contribution in [0, 0.1) is 15.5 Å². The van der Waals surface area contributed by atoms with Gasteiger partial charge in [0.2, 0.25) is 0 Å². The Morgan fingerprint density at radius 2 is 2.00 bits per heavy atom. The van der Waals surface area contributed by atoms with Crippen LogP contribution in [0.15, 0.2) is 18.2 Å². The fourth-order valence-electron chi connectivity index (χ4n) is 1.98. The van der Waals surface area contributed by atoms with Crippen LogP contribution in [0.3, 0.4) is 0 Å². The van der Waals surface area contributed by atoms with E-state index in [1.165, 1.54) is 13.2 Å². The maximum atomic E-state index is 10.9. The minimum Gasteiger partial charge on any atom is -0.496 e. The minimum absolute atomic E-state index is 0.0461. The SMILES string of the molecule is COCCC(C)(C)CNCc1cc(OC)cc([N+](=O)[O-])c1. The van der Waals surface area contributed by atoms with E-state index in [0.29, 0.717) is 12.3 Å². The maximum Gasteiger partial charge on any atom is 0.273 e. The van der Waals surface area contributed by atoms with Crippen molar-refractivity contribution in [3.8, 4) is 5.75 Å². The van der Waals surface area contributed by atoms with Crippen molar-refractivity contribution in [2.24, 2.45) is 5.41 Å². The van der Waals surface area contributed by atoms with E-state index in [-0.39, 0.29) is 11.1 Å². The third-order valence-corrected chi connectivity index (χ3v) is 3.31. The second-order valence-electron chi connectivity index (χ2n) is 5.81. The van der Waals surface area contributed by atoms with Crippen LogP contribution in [-0.2, 0) is 11.3 Å². The number of non-ortho nitro benzene ring substituents is 1. The third-order valence-electron chi connectivity index (χ3n) is 3.31. The van der Waals surface area contributed by atoms with E-state index in [1.807, 2.05) is 6.07 Å². The average molecular weight is 296 g/mol. The van der Waals surface area contributed by atoms with Crippen molar-refractivity contribution in [2.75, 3.05) is 27.4 Å². The van der Waals surface area contributed by atoms with Crippen molar-refractivity contribution in [1.29, 1.82) is 0 Å². The highest BCUT2D eigenvalue weighted by Crippen LogP contribution is 2.23. The van der Waals surface area contributed by atoms with Crippen molar-refractivity contribution in [3.05, 3.63) is 33.9 Å². The number of nitrogens with one attached hydrogen (secondary N) is 1. The van der Waals surface area contributed by atoms with E-state index in [4.69, 9.17) is 9.47 Å². The molecule has 0 heterocycles. The summed E-state index contributed by atoms with van der Waals surface area (Å²) in [6.45, 7) is 6.41. The highest BCUT2D eigenvalue weighted by atomic mass is 16.6. The molecule has 0 aliphatic carbocycles. The van der Waals surface area contributed by atoms with Crippen LogP contribution < -0.4 is 10.1 Å². The summed E-state index contributed by atoms with van der Waals surface area (Å²) >= 11 is 0. The highest BCUT2D eigenvalue weighted by Gasteiger charge is 2.17. The predicted molar refractivity (Wildman–Crippen MR) is 81.6 cm³/mol. The molecular weight excluding hydrogens is 272 g/mol. The number of rotatable bonds is 9. The van der Waals surface area contributed by atoms with Gasteiger partial charge in [0.05, 0.1) is 18.1 Å². The largest absolute Gasteiger partial charge is 0.496 e. The molecule has 0 spiro atoms. The summed E-state index contributed by atoms with van der Waals surface area (Å²) in [5.74, 6) is 0.500. The number of hydrogen-bond acceptors (Lipinski definition) is 5. The van der Waals surface area contributed by atoms with Gasteiger partial charge in [-0.2, -0.15) is 0 Å². The molecule has 0 aliphatic rings. The molecule has 1 N–H and O–H groups in total. The molecule has 0 bridgehead atoms. The number of hydrogen-bond donors (Lipinski definition) is 1. The number of methoxy groups -OCH3 is 2. The number of benzene rings is 1. The average Bonchev–Trinajstić information content (AvgIpc) is 2.44. The van der Waals surface area contributed by atoms with Crippen molar-refractivity contribution >= 4 is 5.69 Å². The van der Waals surface area contributed by atoms with Gasteiger partial charge in [0, 0.05) is 32.9 Å². The second kappa shape index (κ2) is 7.95. The Morgan fingerprint density at radius 1 is 1.29 bits per heavy atom. The lowest BCUT2D eigenvalue weighted by Crippen LogP contribution is -2.30. The first-order valence-electron chi connectivity index (χ1n) is 6.90. The van der Waals surface area contributed by atoms with Gasteiger partial charge in [-0.25, -0.2) is 0 Å². The smallest absolute Gasteiger partial charge is 0.273 e. The van der Waals surface area contributed by atoms with Gasteiger partial charge in [0.1, 0.15) is 5.75 Å². The predicted octanol–water partition coefficient (Wildman–Crippen LogP) is 2.76. The Balaban J connectivity index is 2.62. The van der Waals surface area contributed by atoms with Gasteiger partial charge in [-0.1, -0.05) is 13.8 Å². The van der Waals surface area contributed by atoms with Gasteiger partial charge >= 0.3 is 0 Å². The zero-order valence-electron chi connectivity index (χ0n) is 13.1. The van der Waals surface area contributed by atoms with Gasteiger partial charge in [-0.3, -0.25) is 10.1 Å². The fraction of sp³-hybridized carbons (Fsp3) is 0.600. The van der Waals surface area contributed by atoms with Crippen LogP contribution in [0.2, 0.25) is 0 Å². The lowest BCUT2D eigenvalue weighted by molar-refractivity contribution is -0.385. The van der Waals surface area contributed by atoms with Crippen molar-refractivity contribution in [1.82, 2.24) is 5.32 Å². The third kappa shape index (κ3) is 6.10. The fourth-order valence-corrected chi connectivity index (χ4v) is 1.98. The van der Waals surface area contributed by atoms with Gasteiger partial charge in [-0.15, -0.1) is 0 Å². The second-order valence-corrected chi connectivity index (χ2v) is 5.81. The van der Waals surface area contributed by atoms with E-state index in [1.54, 1.807) is 13.2 Å². The lowest BCUT2D eigenvalue weighted by Gasteiger charge is -2.24.